The summed E-state index contributed by atoms with van der Waals surface area (Å²) in [6.45, 7) is 3.43. The van der Waals surface area contributed by atoms with Gasteiger partial charge < -0.3 is 24.2 Å². The second-order valence-electron chi connectivity index (χ2n) is 11.7. The van der Waals surface area contributed by atoms with Crippen molar-refractivity contribution in [2.45, 2.75) is 25.5 Å². The van der Waals surface area contributed by atoms with Crippen LogP contribution in [-0.4, -0.2) is 87.8 Å². The summed E-state index contributed by atoms with van der Waals surface area (Å²) in [6.07, 6.45) is 3.26. The lowest BCUT2D eigenvalue weighted by Gasteiger charge is -2.35. The van der Waals surface area contributed by atoms with E-state index in [2.05, 4.69) is 16.9 Å². The van der Waals surface area contributed by atoms with Crippen LogP contribution in [-0.2, 0) is 11.3 Å². The second kappa shape index (κ2) is 12.9. The van der Waals surface area contributed by atoms with Gasteiger partial charge in [0.1, 0.15) is 25.1 Å². The Balaban J connectivity index is 1.20. The third kappa shape index (κ3) is 5.95. The molecular formula is C34H34ClN7O4. The lowest BCUT2D eigenvalue weighted by atomic mass is 10.1. The topological polar surface area (TPSA) is 106 Å². The summed E-state index contributed by atoms with van der Waals surface area (Å²) in [6, 6.07) is 21.3. The molecule has 3 aromatic carbocycles. The van der Waals surface area contributed by atoms with Gasteiger partial charge in [0.15, 0.2) is 11.3 Å². The molecule has 2 fully saturated rings. The maximum atomic E-state index is 14.2. The highest BCUT2D eigenvalue weighted by Crippen LogP contribution is 2.30. The fourth-order valence-electron chi connectivity index (χ4n) is 6.18. The van der Waals surface area contributed by atoms with Gasteiger partial charge >= 0.3 is 12.1 Å². The van der Waals surface area contributed by atoms with Crippen LogP contribution in [0.2, 0.25) is 5.02 Å². The molecule has 12 heteroatoms. The Morgan fingerprint density at radius 3 is 2.48 bits per heavy atom. The summed E-state index contributed by atoms with van der Waals surface area (Å²) < 4.78 is 13.2. The van der Waals surface area contributed by atoms with E-state index in [1.54, 1.807) is 11.0 Å². The SMILES string of the molecule is CN1CCC[C@H]1COc1nc(N2CCN(C(=O)OCc3ccccc3)CC2)c2ncn(-c3cccc4cccc(Cl)c34)c(=O)c2n1. The Hall–Kier alpha value is -4.74. The summed E-state index contributed by atoms with van der Waals surface area (Å²) in [4.78, 5) is 47.0. The molecule has 1 atom stereocenters. The Morgan fingerprint density at radius 1 is 0.935 bits per heavy atom. The number of fused-ring (bicyclic) bond motifs is 2. The van der Waals surface area contributed by atoms with Crippen LogP contribution in [0.3, 0.4) is 0 Å². The van der Waals surface area contributed by atoms with E-state index in [1.807, 2.05) is 65.6 Å². The fourth-order valence-corrected chi connectivity index (χ4v) is 6.46. The maximum absolute atomic E-state index is 14.2. The van der Waals surface area contributed by atoms with Gasteiger partial charge in [-0.05, 0) is 49.5 Å². The molecule has 0 aliphatic carbocycles. The average molecular weight is 640 g/mol. The van der Waals surface area contributed by atoms with Gasteiger partial charge in [-0.3, -0.25) is 9.36 Å². The summed E-state index contributed by atoms with van der Waals surface area (Å²) in [5.74, 6) is 0.497. The van der Waals surface area contributed by atoms with Gasteiger partial charge in [-0.15, -0.1) is 0 Å². The van der Waals surface area contributed by atoms with Crippen molar-refractivity contribution < 1.29 is 14.3 Å². The largest absolute Gasteiger partial charge is 0.462 e. The van der Waals surface area contributed by atoms with Crippen molar-refractivity contribution in [3.05, 3.63) is 94.0 Å². The standard InChI is InChI=1S/C34H34ClN7O4/c1-39-15-7-12-25(39)21-45-33-37-30-29(36-22-42(32(30)43)27-14-6-11-24-10-5-13-26(35)28(24)27)31(38-33)40-16-18-41(19-17-40)34(44)46-20-23-8-3-2-4-9-23/h2-6,8-11,13-14,22,25H,7,12,15-21H2,1H3/t25-/m0/s1. The number of amides is 1. The molecular weight excluding hydrogens is 606 g/mol. The van der Waals surface area contributed by atoms with Crippen LogP contribution in [0.1, 0.15) is 18.4 Å². The molecule has 0 bridgehead atoms. The predicted molar refractivity (Wildman–Crippen MR) is 177 cm³/mol. The normalized spacial score (nSPS) is 17.1. The van der Waals surface area contributed by atoms with Crippen molar-refractivity contribution in [1.29, 1.82) is 0 Å². The zero-order valence-electron chi connectivity index (χ0n) is 25.5. The van der Waals surface area contributed by atoms with E-state index >= 15 is 0 Å². The molecule has 236 valence electrons. The van der Waals surface area contributed by atoms with Crippen molar-refractivity contribution in [2.75, 3.05) is 51.3 Å². The molecule has 7 rings (SSSR count). The maximum Gasteiger partial charge on any atom is 0.410 e. The highest BCUT2D eigenvalue weighted by molar-refractivity contribution is 6.36. The van der Waals surface area contributed by atoms with Crippen LogP contribution in [0.15, 0.2) is 77.9 Å². The Morgan fingerprint density at radius 2 is 1.72 bits per heavy atom. The molecule has 4 heterocycles. The van der Waals surface area contributed by atoms with Crippen molar-refractivity contribution >= 4 is 45.3 Å². The van der Waals surface area contributed by atoms with Crippen molar-refractivity contribution in [1.82, 2.24) is 29.3 Å². The minimum atomic E-state index is -0.365. The molecule has 2 aliphatic heterocycles. The lowest BCUT2D eigenvalue weighted by molar-refractivity contribution is 0.0941. The van der Waals surface area contributed by atoms with Crippen LogP contribution in [0, 0.1) is 0 Å². The smallest absolute Gasteiger partial charge is 0.410 e. The third-order valence-corrected chi connectivity index (χ3v) is 9.09. The monoisotopic (exact) mass is 639 g/mol. The molecule has 11 nitrogen and oxygen atoms in total. The zero-order valence-corrected chi connectivity index (χ0v) is 26.3. The number of piperazine rings is 1. The van der Waals surface area contributed by atoms with Crippen LogP contribution in [0.5, 0.6) is 6.01 Å². The molecule has 0 radical (unpaired) electrons. The highest BCUT2D eigenvalue weighted by atomic mass is 35.5. The second-order valence-corrected chi connectivity index (χ2v) is 12.1. The fraction of sp³-hybridized carbons (Fsp3) is 0.324. The average Bonchev–Trinajstić information content (AvgIpc) is 3.51. The quantitative estimate of drug-likeness (QED) is 0.245. The summed E-state index contributed by atoms with van der Waals surface area (Å²) in [7, 11) is 2.08. The van der Waals surface area contributed by atoms with Crippen molar-refractivity contribution in [2.24, 2.45) is 0 Å². The Kier molecular flexibility index (Phi) is 8.42. The zero-order chi connectivity index (χ0) is 31.6. The predicted octanol–water partition coefficient (Wildman–Crippen LogP) is 4.91. The number of rotatable bonds is 7. The van der Waals surface area contributed by atoms with Gasteiger partial charge in [0, 0.05) is 37.6 Å². The first-order valence-corrected chi connectivity index (χ1v) is 15.8. The van der Waals surface area contributed by atoms with E-state index in [0.29, 0.717) is 54.8 Å². The number of hydrogen-bond acceptors (Lipinski definition) is 9. The number of carbonyl (C=O) groups is 1. The van der Waals surface area contributed by atoms with Gasteiger partial charge in [-0.2, -0.15) is 9.97 Å². The minimum absolute atomic E-state index is 0.125. The molecule has 0 saturated carbocycles. The van der Waals surface area contributed by atoms with Gasteiger partial charge in [0.2, 0.25) is 0 Å². The van der Waals surface area contributed by atoms with Crippen LogP contribution in [0.25, 0.3) is 27.5 Å². The first-order valence-electron chi connectivity index (χ1n) is 15.5. The first-order chi connectivity index (χ1) is 22.5. The molecule has 2 aromatic heterocycles. The molecule has 2 saturated heterocycles. The number of ether oxygens (including phenoxy) is 2. The number of aromatic nitrogens is 4. The number of likely N-dealkylation sites (N-methyl/N-ethyl adjacent to an activating group) is 1. The molecule has 0 spiro atoms. The number of halogens is 1. The number of nitrogens with zero attached hydrogens (tertiary/aromatic N) is 7. The van der Waals surface area contributed by atoms with Crippen LogP contribution < -0.4 is 15.2 Å². The summed E-state index contributed by atoms with van der Waals surface area (Å²) in [5.41, 5.74) is 1.71. The van der Waals surface area contributed by atoms with Crippen molar-refractivity contribution in [3.8, 4) is 11.7 Å². The number of anilines is 1. The summed E-state index contributed by atoms with van der Waals surface area (Å²) in [5, 5.41) is 2.19. The third-order valence-electron chi connectivity index (χ3n) is 8.78. The minimum Gasteiger partial charge on any atom is -0.462 e. The number of carbonyl (C=O) groups excluding carboxylic acids is 1. The molecule has 0 unspecified atom stereocenters. The Labute approximate surface area is 270 Å². The van der Waals surface area contributed by atoms with E-state index < -0.39 is 0 Å². The van der Waals surface area contributed by atoms with E-state index in [-0.39, 0.29) is 35.8 Å². The van der Waals surface area contributed by atoms with Crippen molar-refractivity contribution in [3.63, 3.8) is 0 Å². The van der Waals surface area contributed by atoms with E-state index in [1.165, 1.54) is 10.9 Å². The molecule has 46 heavy (non-hydrogen) atoms. The van der Waals surface area contributed by atoms with Gasteiger partial charge in [0.05, 0.1) is 10.7 Å². The van der Waals surface area contributed by atoms with Gasteiger partial charge in [-0.25, -0.2) is 9.78 Å². The molecule has 2 aliphatic rings. The molecule has 1 amide bonds. The van der Waals surface area contributed by atoms with E-state index in [4.69, 9.17) is 31.0 Å². The lowest BCUT2D eigenvalue weighted by Crippen LogP contribution is -2.49. The van der Waals surface area contributed by atoms with Gasteiger partial charge in [-0.1, -0.05) is 66.2 Å². The number of hydrogen-bond donors (Lipinski definition) is 0. The van der Waals surface area contributed by atoms with E-state index in [9.17, 15) is 9.59 Å². The van der Waals surface area contributed by atoms with Crippen LogP contribution in [0.4, 0.5) is 10.6 Å². The first kappa shape index (κ1) is 29.9. The highest BCUT2D eigenvalue weighted by Gasteiger charge is 2.28. The number of likely N-dealkylation sites (tertiary alicyclic amines) is 1. The Bertz CT molecular complexity index is 1940. The number of benzene rings is 3. The molecule has 5 aromatic rings. The van der Waals surface area contributed by atoms with E-state index in [0.717, 1.165) is 35.7 Å². The van der Waals surface area contributed by atoms with Gasteiger partial charge in [0.25, 0.3) is 5.56 Å². The summed E-state index contributed by atoms with van der Waals surface area (Å²) >= 11 is 6.61. The molecule has 0 N–H and O–H groups in total. The van der Waals surface area contributed by atoms with Crippen LogP contribution >= 0.6 is 11.6 Å².